The van der Waals surface area contributed by atoms with Crippen LogP contribution in [0.1, 0.15) is 5.56 Å². The van der Waals surface area contributed by atoms with E-state index in [0.29, 0.717) is 16.3 Å². The van der Waals surface area contributed by atoms with Gasteiger partial charge in [0.2, 0.25) is 5.91 Å². The van der Waals surface area contributed by atoms with Crippen LogP contribution in [0.4, 0.5) is 0 Å². The van der Waals surface area contributed by atoms with Crippen molar-refractivity contribution < 1.29 is 10.0 Å². The summed E-state index contributed by atoms with van der Waals surface area (Å²) in [6.45, 7) is 0. The zero-order valence-electron chi connectivity index (χ0n) is 9.11. The first-order chi connectivity index (χ1) is 8.08. The number of halogens is 1. The van der Waals surface area contributed by atoms with Crippen molar-refractivity contribution in [3.8, 4) is 0 Å². The highest BCUT2D eigenvalue weighted by atomic mass is 35.5. The van der Waals surface area contributed by atoms with Crippen LogP contribution in [0.5, 0.6) is 0 Å². The smallest absolute Gasteiger partial charge is 0.230 e. The number of carbonyl (C=O) groups excluding carboxylic acids is 1. The molecule has 0 spiro atoms. The number of hydrogen-bond acceptors (Lipinski definition) is 4. The lowest BCUT2D eigenvalue weighted by Crippen LogP contribution is -2.19. The Balaban J connectivity index is 2.80. The molecule has 0 aliphatic heterocycles. The molecule has 7 heteroatoms. The largest absolute Gasteiger partial charge is 0.409 e. The second-order valence-electron chi connectivity index (χ2n) is 3.09. The van der Waals surface area contributed by atoms with Gasteiger partial charge in [-0.25, -0.2) is 0 Å². The van der Waals surface area contributed by atoms with Crippen molar-refractivity contribution >= 4 is 35.1 Å². The molecule has 0 heterocycles. The van der Waals surface area contributed by atoms with E-state index in [9.17, 15) is 4.79 Å². The summed E-state index contributed by atoms with van der Waals surface area (Å²) in [5.41, 5.74) is 5.96. The Morgan fingerprint density at radius 2 is 2.35 bits per heavy atom. The van der Waals surface area contributed by atoms with Crippen LogP contribution >= 0.6 is 23.4 Å². The molecule has 0 bridgehead atoms. The third-order valence-corrected chi connectivity index (χ3v) is 3.47. The highest BCUT2D eigenvalue weighted by Crippen LogP contribution is 2.27. The fourth-order valence-corrected chi connectivity index (χ4v) is 2.19. The Bertz CT molecular complexity index is 451. The zero-order valence-corrected chi connectivity index (χ0v) is 10.7. The summed E-state index contributed by atoms with van der Waals surface area (Å²) < 4.78 is 0. The highest BCUT2D eigenvalue weighted by Gasteiger charge is 2.07. The molecule has 0 unspecified atom stereocenters. The SMILES string of the molecule is CNC(=O)CSc1ccc(/C(N)=N/O)cc1Cl. The van der Waals surface area contributed by atoms with E-state index in [4.69, 9.17) is 22.5 Å². The summed E-state index contributed by atoms with van der Waals surface area (Å²) in [5, 5.41) is 14.4. The summed E-state index contributed by atoms with van der Waals surface area (Å²) in [5.74, 6) is 0.209. The van der Waals surface area contributed by atoms with Gasteiger partial charge in [-0.05, 0) is 18.2 Å². The van der Waals surface area contributed by atoms with Gasteiger partial charge in [0.1, 0.15) is 0 Å². The van der Waals surface area contributed by atoms with Gasteiger partial charge < -0.3 is 16.3 Å². The third kappa shape index (κ3) is 3.83. The maximum atomic E-state index is 11.1. The van der Waals surface area contributed by atoms with E-state index in [1.807, 2.05) is 0 Å². The lowest BCUT2D eigenvalue weighted by atomic mass is 10.2. The van der Waals surface area contributed by atoms with Gasteiger partial charge >= 0.3 is 0 Å². The molecule has 0 aromatic heterocycles. The number of amidine groups is 1. The van der Waals surface area contributed by atoms with E-state index in [-0.39, 0.29) is 11.7 Å². The first-order valence-electron chi connectivity index (χ1n) is 4.69. The Morgan fingerprint density at radius 3 is 2.88 bits per heavy atom. The van der Waals surface area contributed by atoms with Gasteiger partial charge in [0.15, 0.2) is 5.84 Å². The van der Waals surface area contributed by atoms with Gasteiger partial charge in [0.25, 0.3) is 0 Å². The number of rotatable bonds is 4. The van der Waals surface area contributed by atoms with Crippen LogP contribution < -0.4 is 11.1 Å². The average Bonchev–Trinajstić information content (AvgIpc) is 2.35. The predicted molar refractivity (Wildman–Crippen MR) is 68.8 cm³/mol. The van der Waals surface area contributed by atoms with Gasteiger partial charge in [0.05, 0.1) is 10.8 Å². The molecule has 17 heavy (non-hydrogen) atoms. The molecule has 0 aliphatic carbocycles. The molecular formula is C10H12ClN3O2S. The predicted octanol–water partition coefficient (Wildman–Crippen LogP) is 1.27. The number of amides is 1. The maximum Gasteiger partial charge on any atom is 0.230 e. The Kier molecular flexibility index (Phi) is 5.11. The number of nitrogens with zero attached hydrogens (tertiary/aromatic N) is 1. The van der Waals surface area contributed by atoms with Crippen LogP contribution in [-0.4, -0.2) is 29.8 Å². The second-order valence-corrected chi connectivity index (χ2v) is 4.52. The maximum absolute atomic E-state index is 11.1. The fourth-order valence-electron chi connectivity index (χ4n) is 1.05. The van der Waals surface area contributed by atoms with E-state index in [2.05, 4.69) is 10.5 Å². The molecule has 0 aliphatic rings. The Labute approximate surface area is 108 Å². The number of oxime groups is 1. The monoisotopic (exact) mass is 273 g/mol. The molecule has 1 aromatic carbocycles. The normalized spacial score (nSPS) is 11.3. The number of nitrogens with one attached hydrogen (secondary N) is 1. The molecule has 1 aromatic rings. The zero-order chi connectivity index (χ0) is 12.8. The standard InChI is InChI=1S/C10H12ClN3O2S/c1-13-9(15)5-17-8-3-2-6(4-7(8)11)10(12)14-16/h2-4,16H,5H2,1H3,(H2,12,14)(H,13,15). The minimum absolute atomic E-state index is 0.00486. The molecule has 0 saturated carbocycles. The lowest BCUT2D eigenvalue weighted by Gasteiger charge is -2.05. The van der Waals surface area contributed by atoms with Crippen LogP contribution in [0.25, 0.3) is 0 Å². The number of carbonyl (C=O) groups is 1. The summed E-state index contributed by atoms with van der Waals surface area (Å²) in [7, 11) is 1.58. The number of hydrogen-bond donors (Lipinski definition) is 3. The third-order valence-electron chi connectivity index (χ3n) is 1.97. The van der Waals surface area contributed by atoms with Crippen LogP contribution in [0.15, 0.2) is 28.3 Å². The van der Waals surface area contributed by atoms with Gasteiger partial charge in [0, 0.05) is 17.5 Å². The van der Waals surface area contributed by atoms with Crippen molar-refractivity contribution in [2.24, 2.45) is 10.9 Å². The van der Waals surface area contributed by atoms with E-state index < -0.39 is 0 Å². The summed E-state index contributed by atoms with van der Waals surface area (Å²) in [4.78, 5) is 11.8. The molecule has 1 rings (SSSR count). The van der Waals surface area contributed by atoms with Crippen LogP contribution in [0.3, 0.4) is 0 Å². The molecule has 4 N–H and O–H groups in total. The van der Waals surface area contributed by atoms with Crippen LogP contribution in [0, 0.1) is 0 Å². The van der Waals surface area contributed by atoms with Crippen molar-refractivity contribution in [2.45, 2.75) is 4.90 Å². The van der Waals surface area contributed by atoms with Crippen molar-refractivity contribution in [3.05, 3.63) is 28.8 Å². The minimum atomic E-state index is -0.0772. The van der Waals surface area contributed by atoms with Gasteiger partial charge in [-0.15, -0.1) is 11.8 Å². The molecule has 0 saturated heterocycles. The van der Waals surface area contributed by atoms with E-state index >= 15 is 0 Å². The molecule has 92 valence electrons. The molecule has 5 nitrogen and oxygen atoms in total. The average molecular weight is 274 g/mol. The number of thioether (sulfide) groups is 1. The molecule has 0 fully saturated rings. The topological polar surface area (TPSA) is 87.7 Å². The van der Waals surface area contributed by atoms with Crippen molar-refractivity contribution in [3.63, 3.8) is 0 Å². The number of nitrogens with two attached hydrogens (primary N) is 1. The quantitative estimate of drug-likeness (QED) is 0.253. The van der Waals surface area contributed by atoms with Crippen LogP contribution in [0.2, 0.25) is 5.02 Å². The van der Waals surface area contributed by atoms with E-state index in [0.717, 1.165) is 4.90 Å². The second kappa shape index (κ2) is 6.36. The number of benzene rings is 1. The fraction of sp³-hybridized carbons (Fsp3) is 0.200. The van der Waals surface area contributed by atoms with E-state index in [1.54, 1.807) is 25.2 Å². The molecule has 0 atom stereocenters. The first-order valence-corrected chi connectivity index (χ1v) is 6.05. The summed E-state index contributed by atoms with van der Waals surface area (Å²) in [6, 6.07) is 4.99. The first kappa shape index (κ1) is 13.7. The molecular weight excluding hydrogens is 262 g/mol. The summed E-state index contributed by atoms with van der Waals surface area (Å²) >= 11 is 7.33. The van der Waals surface area contributed by atoms with Gasteiger partial charge in [-0.2, -0.15) is 0 Å². The minimum Gasteiger partial charge on any atom is -0.409 e. The van der Waals surface area contributed by atoms with Crippen molar-refractivity contribution in [1.29, 1.82) is 0 Å². The van der Waals surface area contributed by atoms with Crippen LogP contribution in [-0.2, 0) is 4.79 Å². The Hall–Kier alpha value is -1.40. The highest BCUT2D eigenvalue weighted by molar-refractivity contribution is 8.00. The van der Waals surface area contributed by atoms with Gasteiger partial charge in [-0.3, -0.25) is 4.79 Å². The summed E-state index contributed by atoms with van der Waals surface area (Å²) in [6.07, 6.45) is 0. The molecule has 1 amide bonds. The van der Waals surface area contributed by atoms with Crippen molar-refractivity contribution in [2.75, 3.05) is 12.8 Å². The van der Waals surface area contributed by atoms with Gasteiger partial charge in [-0.1, -0.05) is 16.8 Å². The Morgan fingerprint density at radius 1 is 1.65 bits per heavy atom. The van der Waals surface area contributed by atoms with E-state index in [1.165, 1.54) is 11.8 Å². The van der Waals surface area contributed by atoms with Crippen molar-refractivity contribution in [1.82, 2.24) is 5.32 Å². The molecule has 0 radical (unpaired) electrons. The lowest BCUT2D eigenvalue weighted by molar-refractivity contribution is -0.118.